The summed E-state index contributed by atoms with van der Waals surface area (Å²) < 4.78 is 5.80. The molecule has 0 fully saturated rings. The Balaban J connectivity index is 2.51. The van der Waals surface area contributed by atoms with Crippen molar-refractivity contribution in [3.05, 3.63) is 23.9 Å². The van der Waals surface area contributed by atoms with Gasteiger partial charge in [-0.1, -0.05) is 33.8 Å². The van der Waals surface area contributed by atoms with Gasteiger partial charge in [0.15, 0.2) is 0 Å². The summed E-state index contributed by atoms with van der Waals surface area (Å²) >= 11 is 0. The van der Waals surface area contributed by atoms with Crippen molar-refractivity contribution in [3.63, 3.8) is 0 Å². The summed E-state index contributed by atoms with van der Waals surface area (Å²) in [6.07, 6.45) is 0.191. The Labute approximate surface area is 111 Å². The molecule has 1 aromatic heterocycles. The third-order valence-electron chi connectivity index (χ3n) is 2.89. The number of nitrogens with one attached hydrogen (secondary N) is 1. The minimum Gasteiger partial charge on any atom is -0.474 e. The van der Waals surface area contributed by atoms with Crippen molar-refractivity contribution in [2.24, 2.45) is 11.8 Å². The number of hydrogen-bond donors (Lipinski definition) is 1. The number of rotatable bonds is 7. The lowest BCUT2D eigenvalue weighted by atomic mass is 10.1. The first-order valence-electron chi connectivity index (χ1n) is 6.82. The van der Waals surface area contributed by atoms with E-state index in [-0.39, 0.29) is 6.10 Å². The zero-order valence-corrected chi connectivity index (χ0v) is 12.2. The Kier molecular flexibility index (Phi) is 6.13. The lowest BCUT2D eigenvalue weighted by molar-refractivity contribution is 0.163. The molecular formula is C15H26N2O. The third kappa shape index (κ3) is 5.50. The molecule has 3 heteroatoms. The first-order valence-corrected chi connectivity index (χ1v) is 6.82. The molecule has 0 radical (unpaired) electrons. The smallest absolute Gasteiger partial charge is 0.213 e. The maximum absolute atomic E-state index is 5.80. The van der Waals surface area contributed by atoms with Crippen LogP contribution in [-0.4, -0.2) is 17.6 Å². The molecular weight excluding hydrogens is 224 g/mol. The third-order valence-corrected chi connectivity index (χ3v) is 2.89. The zero-order valence-electron chi connectivity index (χ0n) is 12.2. The second-order valence-electron chi connectivity index (χ2n) is 5.56. The van der Waals surface area contributed by atoms with E-state index in [0.29, 0.717) is 11.8 Å². The Morgan fingerprint density at radius 2 is 1.89 bits per heavy atom. The summed E-state index contributed by atoms with van der Waals surface area (Å²) in [4.78, 5) is 4.51. The molecule has 1 atom stereocenters. The van der Waals surface area contributed by atoms with Crippen LogP contribution in [0.15, 0.2) is 18.2 Å². The molecule has 102 valence electrons. The molecule has 0 saturated carbocycles. The van der Waals surface area contributed by atoms with Gasteiger partial charge in [-0.2, -0.15) is 0 Å². The van der Waals surface area contributed by atoms with Crippen LogP contribution in [0.25, 0.3) is 0 Å². The standard InChI is InChI=1S/C15H26N2O/c1-11(2)9-16-10-14-7-6-8-15(17-14)18-13(5)12(3)4/h6-8,11-13,16H,9-10H2,1-5H3. The van der Waals surface area contributed by atoms with Crippen LogP contribution in [0.4, 0.5) is 0 Å². The predicted octanol–water partition coefficient (Wildman–Crippen LogP) is 3.25. The molecule has 1 aromatic rings. The van der Waals surface area contributed by atoms with E-state index in [9.17, 15) is 0 Å². The minimum atomic E-state index is 0.191. The lowest BCUT2D eigenvalue weighted by Crippen LogP contribution is -2.21. The van der Waals surface area contributed by atoms with Gasteiger partial charge in [-0.25, -0.2) is 4.98 Å². The van der Waals surface area contributed by atoms with Crippen molar-refractivity contribution in [1.29, 1.82) is 0 Å². The van der Waals surface area contributed by atoms with Crippen molar-refractivity contribution in [2.75, 3.05) is 6.54 Å². The minimum absolute atomic E-state index is 0.191. The fourth-order valence-electron chi connectivity index (χ4n) is 1.44. The molecule has 0 aliphatic rings. The normalized spacial score (nSPS) is 13.1. The predicted molar refractivity (Wildman–Crippen MR) is 75.7 cm³/mol. The molecule has 0 aliphatic heterocycles. The average Bonchev–Trinajstić information content (AvgIpc) is 2.28. The van der Waals surface area contributed by atoms with Crippen molar-refractivity contribution in [2.45, 2.75) is 47.3 Å². The number of hydrogen-bond acceptors (Lipinski definition) is 3. The van der Waals surface area contributed by atoms with E-state index >= 15 is 0 Å². The van der Waals surface area contributed by atoms with Gasteiger partial charge < -0.3 is 10.1 Å². The van der Waals surface area contributed by atoms with E-state index in [4.69, 9.17) is 4.74 Å². The van der Waals surface area contributed by atoms with E-state index in [1.165, 1.54) is 0 Å². The highest BCUT2D eigenvalue weighted by atomic mass is 16.5. The molecule has 0 spiro atoms. The molecule has 0 bridgehead atoms. The van der Waals surface area contributed by atoms with Gasteiger partial charge in [0.25, 0.3) is 0 Å². The molecule has 1 N–H and O–H groups in total. The van der Waals surface area contributed by atoms with Crippen molar-refractivity contribution >= 4 is 0 Å². The number of aromatic nitrogens is 1. The average molecular weight is 250 g/mol. The molecule has 1 unspecified atom stereocenters. The van der Waals surface area contributed by atoms with Crippen LogP contribution in [-0.2, 0) is 6.54 Å². The van der Waals surface area contributed by atoms with Gasteiger partial charge in [0.05, 0.1) is 11.8 Å². The number of pyridine rings is 1. The molecule has 0 aliphatic carbocycles. The van der Waals surface area contributed by atoms with E-state index in [0.717, 1.165) is 24.7 Å². The Morgan fingerprint density at radius 1 is 1.17 bits per heavy atom. The topological polar surface area (TPSA) is 34.1 Å². The van der Waals surface area contributed by atoms with Gasteiger partial charge in [-0.3, -0.25) is 0 Å². The highest BCUT2D eigenvalue weighted by Crippen LogP contribution is 2.13. The van der Waals surface area contributed by atoms with Gasteiger partial charge in [-0.15, -0.1) is 0 Å². The Morgan fingerprint density at radius 3 is 2.50 bits per heavy atom. The highest BCUT2D eigenvalue weighted by molar-refractivity contribution is 5.16. The van der Waals surface area contributed by atoms with Crippen LogP contribution in [0.5, 0.6) is 5.88 Å². The summed E-state index contributed by atoms with van der Waals surface area (Å²) in [5, 5.41) is 3.39. The summed E-state index contributed by atoms with van der Waals surface area (Å²) in [5.41, 5.74) is 1.03. The fourth-order valence-corrected chi connectivity index (χ4v) is 1.44. The Bertz CT molecular complexity index is 350. The van der Waals surface area contributed by atoms with Gasteiger partial charge in [0.1, 0.15) is 0 Å². The Hall–Kier alpha value is -1.09. The molecule has 0 amide bonds. The fraction of sp³-hybridized carbons (Fsp3) is 0.667. The van der Waals surface area contributed by atoms with E-state index in [1.54, 1.807) is 0 Å². The van der Waals surface area contributed by atoms with Crippen LogP contribution in [0.3, 0.4) is 0 Å². The van der Waals surface area contributed by atoms with Crippen molar-refractivity contribution in [1.82, 2.24) is 10.3 Å². The zero-order chi connectivity index (χ0) is 13.5. The van der Waals surface area contributed by atoms with Crippen LogP contribution in [0.1, 0.15) is 40.3 Å². The maximum Gasteiger partial charge on any atom is 0.213 e. The van der Waals surface area contributed by atoms with Crippen LogP contribution >= 0.6 is 0 Å². The van der Waals surface area contributed by atoms with Crippen molar-refractivity contribution in [3.8, 4) is 5.88 Å². The molecule has 0 aromatic carbocycles. The summed E-state index contributed by atoms with van der Waals surface area (Å²) in [6.45, 7) is 12.6. The number of nitrogens with zero attached hydrogens (tertiary/aromatic N) is 1. The first kappa shape index (κ1) is 15.0. The molecule has 1 rings (SSSR count). The summed E-state index contributed by atoms with van der Waals surface area (Å²) in [7, 11) is 0. The van der Waals surface area contributed by atoms with Crippen LogP contribution in [0, 0.1) is 11.8 Å². The van der Waals surface area contributed by atoms with Crippen LogP contribution < -0.4 is 10.1 Å². The summed E-state index contributed by atoms with van der Waals surface area (Å²) in [6, 6.07) is 5.95. The van der Waals surface area contributed by atoms with Gasteiger partial charge in [-0.05, 0) is 31.4 Å². The molecule has 0 saturated heterocycles. The largest absolute Gasteiger partial charge is 0.474 e. The first-order chi connectivity index (χ1) is 8.49. The van der Waals surface area contributed by atoms with E-state index in [1.807, 2.05) is 18.2 Å². The van der Waals surface area contributed by atoms with Gasteiger partial charge in [0, 0.05) is 12.6 Å². The lowest BCUT2D eigenvalue weighted by Gasteiger charge is -2.17. The summed E-state index contributed by atoms with van der Waals surface area (Å²) in [5.74, 6) is 1.87. The molecule has 3 nitrogen and oxygen atoms in total. The maximum atomic E-state index is 5.80. The van der Waals surface area contributed by atoms with Gasteiger partial charge in [0.2, 0.25) is 5.88 Å². The second-order valence-corrected chi connectivity index (χ2v) is 5.56. The second kappa shape index (κ2) is 7.37. The monoisotopic (exact) mass is 250 g/mol. The SMILES string of the molecule is CC(C)CNCc1cccc(OC(C)C(C)C)n1. The highest BCUT2D eigenvalue weighted by Gasteiger charge is 2.09. The quantitative estimate of drug-likeness (QED) is 0.806. The molecule has 18 heavy (non-hydrogen) atoms. The molecule has 1 heterocycles. The van der Waals surface area contributed by atoms with E-state index < -0.39 is 0 Å². The van der Waals surface area contributed by atoms with E-state index in [2.05, 4.69) is 44.9 Å². The van der Waals surface area contributed by atoms with Crippen molar-refractivity contribution < 1.29 is 4.74 Å². The van der Waals surface area contributed by atoms with Gasteiger partial charge >= 0.3 is 0 Å². The number of ether oxygens (including phenoxy) is 1. The van der Waals surface area contributed by atoms with Crippen LogP contribution in [0.2, 0.25) is 0 Å².